The van der Waals surface area contributed by atoms with Crippen LogP contribution in [-0.4, -0.2) is 15.5 Å². The first-order valence-corrected chi connectivity index (χ1v) is 11.1. The highest BCUT2D eigenvalue weighted by Gasteiger charge is 2.16. The zero-order valence-corrected chi connectivity index (χ0v) is 18.3. The number of hydrogen-bond donors (Lipinski definition) is 2. The van der Waals surface area contributed by atoms with Crippen molar-refractivity contribution in [3.05, 3.63) is 83.8 Å². The molecule has 0 aliphatic carbocycles. The van der Waals surface area contributed by atoms with E-state index in [4.69, 9.17) is 0 Å². The first-order chi connectivity index (χ1) is 14.8. The number of aromatic nitrogens is 1. The normalized spacial score (nSPS) is 12.6. The van der Waals surface area contributed by atoms with Gasteiger partial charge in [0.25, 0.3) is 0 Å². The van der Waals surface area contributed by atoms with E-state index < -0.39 is 11.0 Å². The fourth-order valence-corrected chi connectivity index (χ4v) is 4.41. The van der Waals surface area contributed by atoms with Crippen LogP contribution in [-0.2, 0) is 16.4 Å². The Morgan fingerprint density at radius 1 is 1.00 bits per heavy atom. The molecule has 4 nitrogen and oxygen atoms in total. The largest absolute Gasteiger partial charge is 0.352 e. The zero-order valence-electron chi connectivity index (χ0n) is 17.5. The Bertz CT molecular complexity index is 1290. The van der Waals surface area contributed by atoms with Gasteiger partial charge in [0.1, 0.15) is 16.8 Å². The zero-order chi connectivity index (χ0) is 22.2. The minimum absolute atomic E-state index is 0.0242. The fraction of sp³-hybridized carbons (Fsp3) is 0.160. The van der Waals surface area contributed by atoms with Crippen LogP contribution < -0.4 is 4.72 Å². The molecule has 4 aromatic rings. The summed E-state index contributed by atoms with van der Waals surface area (Å²) in [6.07, 6.45) is 0.724. The number of anilines is 1. The van der Waals surface area contributed by atoms with Crippen molar-refractivity contribution in [2.24, 2.45) is 0 Å². The lowest BCUT2D eigenvalue weighted by atomic mass is 9.87. The Morgan fingerprint density at radius 2 is 1.74 bits per heavy atom. The van der Waals surface area contributed by atoms with E-state index in [0.717, 1.165) is 17.2 Å². The molecule has 0 aliphatic rings. The summed E-state index contributed by atoms with van der Waals surface area (Å²) in [6, 6.07) is 19.3. The van der Waals surface area contributed by atoms with E-state index in [1.165, 1.54) is 17.7 Å². The first kappa shape index (κ1) is 21.0. The van der Waals surface area contributed by atoms with Crippen molar-refractivity contribution in [3.63, 3.8) is 0 Å². The van der Waals surface area contributed by atoms with Crippen molar-refractivity contribution in [1.29, 1.82) is 0 Å². The van der Waals surface area contributed by atoms with E-state index >= 15 is 0 Å². The number of aldehydes is 1. The van der Waals surface area contributed by atoms with Crippen LogP contribution in [0.5, 0.6) is 0 Å². The molecule has 2 N–H and O–H groups in total. The van der Waals surface area contributed by atoms with Gasteiger partial charge >= 0.3 is 0 Å². The summed E-state index contributed by atoms with van der Waals surface area (Å²) in [6.45, 7) is 6.40. The van der Waals surface area contributed by atoms with Crippen LogP contribution in [0.1, 0.15) is 36.8 Å². The SMILES string of the molecule is CC(C)(C)c1ccc(S(=O)Nc2ccc3[nH]c(C=O)c(-c4cccc(F)c4)c3c2)cc1. The third-order valence-corrected chi connectivity index (χ3v) is 6.33. The van der Waals surface area contributed by atoms with E-state index in [2.05, 4.69) is 30.5 Å². The molecule has 0 fully saturated rings. The average molecular weight is 435 g/mol. The number of benzene rings is 3. The third kappa shape index (κ3) is 4.30. The van der Waals surface area contributed by atoms with Gasteiger partial charge in [0, 0.05) is 22.2 Å². The minimum atomic E-state index is -1.45. The van der Waals surface area contributed by atoms with Gasteiger partial charge in [-0.1, -0.05) is 45.0 Å². The molecule has 0 saturated carbocycles. The summed E-state index contributed by atoms with van der Waals surface area (Å²) < 4.78 is 29.7. The summed E-state index contributed by atoms with van der Waals surface area (Å²) >= 11 is 0. The lowest BCUT2D eigenvalue weighted by Crippen LogP contribution is -2.11. The van der Waals surface area contributed by atoms with Gasteiger partial charge < -0.3 is 9.71 Å². The molecule has 1 aromatic heterocycles. The molecule has 0 bridgehead atoms. The van der Waals surface area contributed by atoms with Gasteiger partial charge in [-0.25, -0.2) is 8.60 Å². The van der Waals surface area contributed by atoms with Gasteiger partial charge in [0.15, 0.2) is 6.29 Å². The molecular formula is C25H23FN2O2S. The molecule has 6 heteroatoms. The van der Waals surface area contributed by atoms with Gasteiger partial charge in [0.2, 0.25) is 0 Å². The van der Waals surface area contributed by atoms with Gasteiger partial charge in [-0.05, 0) is 59.0 Å². The summed E-state index contributed by atoms with van der Waals surface area (Å²) in [4.78, 5) is 15.3. The van der Waals surface area contributed by atoms with Gasteiger partial charge in [-0.3, -0.25) is 4.79 Å². The highest BCUT2D eigenvalue weighted by Crippen LogP contribution is 2.34. The molecule has 1 heterocycles. The van der Waals surface area contributed by atoms with Crippen LogP contribution in [0.4, 0.5) is 10.1 Å². The molecule has 1 unspecified atom stereocenters. The number of nitrogens with one attached hydrogen (secondary N) is 2. The van der Waals surface area contributed by atoms with E-state index in [-0.39, 0.29) is 11.2 Å². The summed E-state index contributed by atoms with van der Waals surface area (Å²) in [5.41, 5.74) is 4.17. The van der Waals surface area contributed by atoms with E-state index in [0.29, 0.717) is 27.4 Å². The number of aromatic amines is 1. The van der Waals surface area contributed by atoms with Crippen molar-refractivity contribution in [1.82, 2.24) is 4.98 Å². The lowest BCUT2D eigenvalue weighted by molar-refractivity contribution is 0.112. The molecule has 0 spiro atoms. The molecule has 0 aliphatic heterocycles. The van der Waals surface area contributed by atoms with Crippen LogP contribution in [0.3, 0.4) is 0 Å². The van der Waals surface area contributed by atoms with E-state index in [1.807, 2.05) is 36.4 Å². The maximum Gasteiger partial charge on any atom is 0.166 e. The maximum atomic E-state index is 13.8. The van der Waals surface area contributed by atoms with Crippen molar-refractivity contribution >= 4 is 33.9 Å². The summed E-state index contributed by atoms with van der Waals surface area (Å²) in [5.74, 6) is -0.377. The molecule has 0 amide bonds. The number of halogens is 1. The molecule has 1 atom stereocenters. The van der Waals surface area contributed by atoms with Crippen molar-refractivity contribution in [2.75, 3.05) is 4.72 Å². The van der Waals surface area contributed by atoms with Crippen molar-refractivity contribution in [2.45, 2.75) is 31.1 Å². The van der Waals surface area contributed by atoms with Gasteiger partial charge in [0.05, 0.1) is 10.6 Å². The molecular weight excluding hydrogens is 411 g/mol. The highest BCUT2D eigenvalue weighted by molar-refractivity contribution is 7.86. The number of hydrogen-bond acceptors (Lipinski definition) is 2. The second kappa shape index (κ2) is 8.12. The van der Waals surface area contributed by atoms with Crippen LogP contribution in [0.25, 0.3) is 22.0 Å². The smallest absolute Gasteiger partial charge is 0.166 e. The Balaban J connectivity index is 1.68. The monoisotopic (exact) mass is 434 g/mol. The average Bonchev–Trinajstić information content (AvgIpc) is 3.11. The standard InChI is InChI=1S/C25H23FN2O2S/c1-25(2,3)17-7-10-20(11-8-17)31(30)28-19-9-12-22-21(14-19)24(23(15-29)27-22)16-5-4-6-18(26)13-16/h4-15,27-28H,1-3H3. The van der Waals surface area contributed by atoms with Gasteiger partial charge in [-0.15, -0.1) is 0 Å². The van der Waals surface area contributed by atoms with E-state index in [9.17, 15) is 13.4 Å². The Labute approximate surface area is 183 Å². The van der Waals surface area contributed by atoms with Crippen molar-refractivity contribution < 1.29 is 13.4 Å². The topological polar surface area (TPSA) is 62.0 Å². The molecule has 158 valence electrons. The molecule has 0 radical (unpaired) electrons. The molecule has 0 saturated heterocycles. The molecule has 4 rings (SSSR count). The number of carbonyl (C=O) groups excluding carboxylic acids is 1. The number of rotatable bonds is 5. The predicted molar refractivity (Wildman–Crippen MR) is 124 cm³/mol. The molecule has 31 heavy (non-hydrogen) atoms. The predicted octanol–water partition coefficient (Wildman–Crippen LogP) is 6.22. The second-order valence-corrected chi connectivity index (χ2v) is 9.66. The number of carbonyl (C=O) groups is 1. The summed E-state index contributed by atoms with van der Waals surface area (Å²) in [5, 5.41) is 0.748. The maximum absolute atomic E-state index is 13.8. The van der Waals surface area contributed by atoms with Crippen LogP contribution >= 0.6 is 0 Å². The second-order valence-electron chi connectivity index (χ2n) is 8.45. The highest BCUT2D eigenvalue weighted by atomic mass is 32.2. The number of fused-ring (bicyclic) bond motifs is 1. The summed E-state index contributed by atoms with van der Waals surface area (Å²) in [7, 11) is -1.45. The van der Waals surface area contributed by atoms with Crippen LogP contribution in [0.2, 0.25) is 0 Å². The molecule has 3 aromatic carbocycles. The van der Waals surface area contributed by atoms with Crippen LogP contribution in [0, 0.1) is 5.82 Å². The quantitative estimate of drug-likeness (QED) is 0.366. The fourth-order valence-electron chi connectivity index (χ4n) is 3.56. The van der Waals surface area contributed by atoms with Crippen molar-refractivity contribution in [3.8, 4) is 11.1 Å². The minimum Gasteiger partial charge on any atom is -0.352 e. The third-order valence-electron chi connectivity index (χ3n) is 5.20. The van der Waals surface area contributed by atoms with Crippen LogP contribution in [0.15, 0.2) is 71.6 Å². The van der Waals surface area contributed by atoms with E-state index in [1.54, 1.807) is 18.2 Å². The number of H-pyrrole nitrogens is 1. The Morgan fingerprint density at radius 3 is 2.39 bits per heavy atom. The Kier molecular flexibility index (Phi) is 5.50. The first-order valence-electron chi connectivity index (χ1n) is 9.92. The van der Waals surface area contributed by atoms with Gasteiger partial charge in [-0.2, -0.15) is 0 Å². The lowest BCUT2D eigenvalue weighted by Gasteiger charge is -2.19. The Hall–Kier alpha value is -3.25.